The number of hydrogen-bond donors (Lipinski definition) is 2. The number of nitrogens with one attached hydrogen (secondary N) is 1. The van der Waals surface area contributed by atoms with Crippen LogP contribution < -0.4 is 5.32 Å². The van der Waals surface area contributed by atoms with E-state index in [1.807, 2.05) is 0 Å². The van der Waals surface area contributed by atoms with Crippen molar-refractivity contribution in [2.75, 3.05) is 18.5 Å². The molecule has 0 saturated carbocycles. The molecule has 3 heterocycles. The van der Waals surface area contributed by atoms with Gasteiger partial charge in [-0.2, -0.15) is 0 Å². The summed E-state index contributed by atoms with van der Waals surface area (Å²) in [5, 5.41) is 13.5. The zero-order valence-electron chi connectivity index (χ0n) is 12.6. The van der Waals surface area contributed by atoms with Crippen molar-refractivity contribution >= 4 is 28.2 Å². The Morgan fingerprint density at radius 3 is 2.86 bits per heavy atom. The molecule has 0 bridgehead atoms. The minimum Gasteiger partial charge on any atom is -0.478 e. The molecule has 1 unspecified atom stereocenters. The van der Waals surface area contributed by atoms with E-state index < -0.39 is 5.97 Å². The van der Waals surface area contributed by atoms with E-state index in [0.29, 0.717) is 36.7 Å². The van der Waals surface area contributed by atoms with Crippen LogP contribution in [0.5, 0.6) is 0 Å². The van der Waals surface area contributed by atoms with Crippen molar-refractivity contribution in [3.63, 3.8) is 0 Å². The maximum absolute atomic E-state index is 11.7. The maximum atomic E-state index is 11.7. The highest BCUT2D eigenvalue weighted by Crippen LogP contribution is 2.38. The molecule has 1 amide bonds. The van der Waals surface area contributed by atoms with Crippen LogP contribution in [0.4, 0.5) is 5.00 Å². The molecule has 3 rings (SSSR count). The number of rotatable bonds is 3. The molecule has 1 fully saturated rings. The third-order valence-corrected chi connectivity index (χ3v) is 5.34. The second-order valence-corrected chi connectivity index (χ2v) is 6.81. The van der Waals surface area contributed by atoms with Crippen molar-refractivity contribution in [1.29, 1.82) is 0 Å². The number of nitrogens with zero attached hydrogens (tertiary/aromatic N) is 1. The molecular formula is C15H20N2O4S. The average Bonchev–Trinajstić information content (AvgIpc) is 2.85. The lowest BCUT2D eigenvalue weighted by Gasteiger charge is -2.25. The third kappa shape index (κ3) is 2.96. The van der Waals surface area contributed by atoms with Gasteiger partial charge in [0.2, 0.25) is 5.91 Å². The second-order valence-electron chi connectivity index (χ2n) is 5.70. The molecule has 2 aliphatic heterocycles. The highest BCUT2D eigenvalue weighted by molar-refractivity contribution is 7.16. The lowest BCUT2D eigenvalue weighted by atomic mass is 10.0. The van der Waals surface area contributed by atoms with E-state index in [0.717, 1.165) is 29.7 Å². The summed E-state index contributed by atoms with van der Waals surface area (Å²) in [6.45, 7) is 3.34. The van der Waals surface area contributed by atoms with Crippen LogP contribution in [0.3, 0.4) is 0 Å². The molecule has 1 aromatic heterocycles. The van der Waals surface area contributed by atoms with Crippen LogP contribution in [0.25, 0.3) is 0 Å². The Labute approximate surface area is 133 Å². The first kappa shape index (κ1) is 15.3. The lowest BCUT2D eigenvalue weighted by Crippen LogP contribution is -2.33. The maximum Gasteiger partial charge on any atom is 0.338 e. The molecule has 0 aliphatic carbocycles. The first-order valence-electron chi connectivity index (χ1n) is 7.57. The predicted octanol–water partition coefficient (Wildman–Crippen LogP) is 2.29. The van der Waals surface area contributed by atoms with Crippen molar-refractivity contribution in [2.45, 2.75) is 45.4 Å². The Kier molecular flexibility index (Phi) is 4.35. The standard InChI is InChI=1S/C15H20N2O4S/c1-9(18)17-6-5-10-11(8-17)22-14(13(10)15(19)20)16-12-4-2-3-7-21-12/h12,16H,2-8H2,1H3,(H,19,20). The quantitative estimate of drug-likeness (QED) is 0.892. The van der Waals surface area contributed by atoms with Gasteiger partial charge >= 0.3 is 5.97 Å². The fraction of sp³-hybridized carbons (Fsp3) is 0.600. The molecule has 0 spiro atoms. The minimum absolute atomic E-state index is 0.0287. The van der Waals surface area contributed by atoms with Gasteiger partial charge in [-0.1, -0.05) is 0 Å². The van der Waals surface area contributed by atoms with Gasteiger partial charge in [0.1, 0.15) is 11.2 Å². The lowest BCUT2D eigenvalue weighted by molar-refractivity contribution is -0.129. The number of fused-ring (bicyclic) bond motifs is 1. The Morgan fingerprint density at radius 2 is 2.23 bits per heavy atom. The topological polar surface area (TPSA) is 78.9 Å². The first-order chi connectivity index (χ1) is 10.6. The number of anilines is 1. The summed E-state index contributed by atoms with van der Waals surface area (Å²) >= 11 is 1.44. The first-order valence-corrected chi connectivity index (χ1v) is 8.39. The average molecular weight is 324 g/mol. The molecule has 120 valence electrons. The van der Waals surface area contributed by atoms with Crippen LogP contribution in [0, 0.1) is 0 Å². The zero-order chi connectivity index (χ0) is 15.7. The zero-order valence-corrected chi connectivity index (χ0v) is 13.4. The van der Waals surface area contributed by atoms with Crippen LogP contribution in [-0.4, -0.2) is 41.3 Å². The van der Waals surface area contributed by atoms with Crippen LogP contribution in [-0.2, 0) is 22.5 Å². The van der Waals surface area contributed by atoms with Crippen LogP contribution in [0.2, 0.25) is 0 Å². The summed E-state index contributed by atoms with van der Waals surface area (Å²) in [5.41, 5.74) is 1.23. The van der Waals surface area contributed by atoms with Crippen LogP contribution >= 0.6 is 11.3 Å². The summed E-state index contributed by atoms with van der Waals surface area (Å²) in [4.78, 5) is 25.9. The van der Waals surface area contributed by atoms with Crippen molar-refractivity contribution < 1.29 is 19.4 Å². The number of carbonyl (C=O) groups is 2. The van der Waals surface area contributed by atoms with Crippen LogP contribution in [0.15, 0.2) is 0 Å². The van der Waals surface area contributed by atoms with Crippen LogP contribution in [0.1, 0.15) is 47.0 Å². The van der Waals surface area contributed by atoms with Crippen molar-refractivity contribution in [1.82, 2.24) is 4.90 Å². The number of carboxylic acids is 1. The summed E-state index contributed by atoms with van der Waals surface area (Å²) in [5.74, 6) is -0.881. The molecule has 0 aromatic carbocycles. The van der Waals surface area contributed by atoms with E-state index >= 15 is 0 Å². The normalized spacial score (nSPS) is 21.3. The van der Waals surface area contributed by atoms with Crippen molar-refractivity contribution in [3.8, 4) is 0 Å². The number of aromatic carboxylic acids is 1. The fourth-order valence-corrected chi connectivity index (χ4v) is 4.30. The van der Waals surface area contributed by atoms with Gasteiger partial charge in [-0.25, -0.2) is 4.79 Å². The summed E-state index contributed by atoms with van der Waals surface area (Å²) in [6, 6.07) is 0. The SMILES string of the molecule is CC(=O)N1CCc2c(sc(NC3CCCCO3)c2C(=O)O)C1. The smallest absolute Gasteiger partial charge is 0.338 e. The van der Waals surface area contributed by atoms with E-state index in [1.54, 1.807) is 11.8 Å². The van der Waals surface area contributed by atoms with Crippen molar-refractivity contribution in [3.05, 3.63) is 16.0 Å². The van der Waals surface area contributed by atoms with Gasteiger partial charge in [-0.3, -0.25) is 4.79 Å². The number of carbonyl (C=O) groups excluding carboxylic acids is 1. The third-order valence-electron chi connectivity index (χ3n) is 4.19. The highest BCUT2D eigenvalue weighted by atomic mass is 32.1. The molecule has 2 N–H and O–H groups in total. The molecule has 22 heavy (non-hydrogen) atoms. The Balaban J connectivity index is 1.86. The number of carboxylic acid groups (broad SMARTS) is 1. The van der Waals surface area contributed by atoms with E-state index in [1.165, 1.54) is 11.3 Å². The van der Waals surface area contributed by atoms with E-state index in [9.17, 15) is 14.7 Å². The number of hydrogen-bond acceptors (Lipinski definition) is 5. The van der Waals surface area contributed by atoms with Gasteiger partial charge in [-0.15, -0.1) is 11.3 Å². The Morgan fingerprint density at radius 1 is 1.41 bits per heavy atom. The second kappa shape index (κ2) is 6.26. The van der Waals surface area contributed by atoms with Gasteiger partial charge in [0.15, 0.2) is 0 Å². The van der Waals surface area contributed by atoms with E-state index in [-0.39, 0.29) is 12.1 Å². The van der Waals surface area contributed by atoms with Gasteiger partial charge in [0, 0.05) is 25.0 Å². The fourth-order valence-electron chi connectivity index (χ4n) is 3.00. The van der Waals surface area contributed by atoms with Gasteiger partial charge < -0.3 is 20.1 Å². The molecule has 7 heteroatoms. The summed E-state index contributed by atoms with van der Waals surface area (Å²) < 4.78 is 5.65. The monoisotopic (exact) mass is 324 g/mol. The molecule has 1 saturated heterocycles. The van der Waals surface area contributed by atoms with Gasteiger partial charge in [0.25, 0.3) is 0 Å². The Bertz CT molecular complexity index is 593. The largest absolute Gasteiger partial charge is 0.478 e. The van der Waals surface area contributed by atoms with Crippen molar-refractivity contribution in [2.24, 2.45) is 0 Å². The summed E-state index contributed by atoms with van der Waals surface area (Å²) in [7, 11) is 0. The molecule has 1 aromatic rings. The van der Waals surface area contributed by atoms with E-state index in [2.05, 4.69) is 5.32 Å². The van der Waals surface area contributed by atoms with E-state index in [4.69, 9.17) is 4.74 Å². The number of ether oxygens (including phenoxy) is 1. The Hall–Kier alpha value is -1.60. The molecule has 0 radical (unpaired) electrons. The number of amides is 1. The highest BCUT2D eigenvalue weighted by Gasteiger charge is 2.29. The molecular weight excluding hydrogens is 304 g/mol. The number of thiophene rings is 1. The minimum atomic E-state index is -0.910. The van der Waals surface area contributed by atoms with Gasteiger partial charge in [-0.05, 0) is 31.2 Å². The summed E-state index contributed by atoms with van der Waals surface area (Å²) in [6.07, 6.45) is 3.51. The molecule has 2 aliphatic rings. The predicted molar refractivity (Wildman–Crippen MR) is 83.3 cm³/mol. The van der Waals surface area contributed by atoms with Gasteiger partial charge in [0.05, 0.1) is 12.1 Å². The molecule has 1 atom stereocenters. The molecule has 6 nitrogen and oxygen atoms in total.